The molecule has 1 aliphatic carbocycles. The molecule has 0 aliphatic heterocycles. The van der Waals surface area contributed by atoms with Crippen molar-refractivity contribution < 1.29 is 9.90 Å². The monoisotopic (exact) mass is 261 g/mol. The van der Waals surface area contributed by atoms with Gasteiger partial charge in [-0.1, -0.05) is 44.2 Å². The van der Waals surface area contributed by atoms with Gasteiger partial charge in [0, 0.05) is 0 Å². The fourth-order valence-electron chi connectivity index (χ4n) is 2.62. The van der Waals surface area contributed by atoms with Crippen LogP contribution in [0.4, 0.5) is 0 Å². The van der Waals surface area contributed by atoms with Gasteiger partial charge in [0.15, 0.2) is 0 Å². The molecule has 104 valence electrons. The first-order valence-electron chi connectivity index (χ1n) is 7.09. The summed E-state index contributed by atoms with van der Waals surface area (Å²) in [7, 11) is 0. The van der Waals surface area contributed by atoms with Crippen molar-refractivity contribution in [1.82, 2.24) is 5.32 Å². The molecule has 1 saturated carbocycles. The van der Waals surface area contributed by atoms with Crippen LogP contribution in [0.3, 0.4) is 0 Å². The molecule has 2 N–H and O–H groups in total. The van der Waals surface area contributed by atoms with Gasteiger partial charge in [0.2, 0.25) is 0 Å². The normalized spacial score (nSPS) is 23.3. The van der Waals surface area contributed by atoms with Gasteiger partial charge in [0.05, 0.1) is 0 Å². The third-order valence-corrected chi connectivity index (χ3v) is 3.78. The van der Waals surface area contributed by atoms with Crippen molar-refractivity contribution in [3.8, 4) is 0 Å². The van der Waals surface area contributed by atoms with Crippen LogP contribution in [-0.4, -0.2) is 23.7 Å². The van der Waals surface area contributed by atoms with Gasteiger partial charge in [-0.05, 0) is 42.7 Å². The first kappa shape index (κ1) is 14.1. The number of nitrogens with one attached hydrogen (secondary N) is 1. The van der Waals surface area contributed by atoms with Gasteiger partial charge in [-0.3, -0.25) is 4.79 Å². The molecule has 1 aliphatic rings. The predicted molar refractivity (Wildman–Crippen MR) is 76.2 cm³/mol. The van der Waals surface area contributed by atoms with Crippen LogP contribution in [0.1, 0.15) is 38.2 Å². The van der Waals surface area contributed by atoms with Crippen LogP contribution in [-0.2, 0) is 4.79 Å². The Balaban J connectivity index is 1.79. The molecule has 0 aromatic heterocycles. The molecular formula is C16H23NO2. The summed E-state index contributed by atoms with van der Waals surface area (Å²) in [5, 5.41) is 12.4. The molecule has 19 heavy (non-hydrogen) atoms. The van der Waals surface area contributed by atoms with Gasteiger partial charge in [-0.25, -0.2) is 0 Å². The lowest BCUT2D eigenvalue weighted by molar-refractivity contribution is -0.139. The van der Waals surface area contributed by atoms with Crippen molar-refractivity contribution in [2.45, 2.75) is 38.6 Å². The molecule has 0 saturated heterocycles. The van der Waals surface area contributed by atoms with Crippen LogP contribution in [0.15, 0.2) is 30.3 Å². The average Bonchev–Trinajstić information content (AvgIpc) is 3.14. The predicted octanol–water partition coefficient (Wildman–Crippen LogP) is 2.88. The van der Waals surface area contributed by atoms with E-state index in [1.54, 1.807) is 0 Å². The lowest BCUT2D eigenvalue weighted by Crippen LogP contribution is -2.39. The minimum absolute atomic E-state index is 0.401. The summed E-state index contributed by atoms with van der Waals surface area (Å²) in [6.45, 7) is 4.92. The van der Waals surface area contributed by atoms with E-state index in [-0.39, 0.29) is 0 Å². The van der Waals surface area contributed by atoms with Gasteiger partial charge in [-0.15, -0.1) is 0 Å². The fraction of sp³-hybridized carbons (Fsp3) is 0.562. The van der Waals surface area contributed by atoms with E-state index in [2.05, 4.69) is 43.4 Å². The Bertz CT molecular complexity index is 416. The summed E-state index contributed by atoms with van der Waals surface area (Å²) in [6, 6.07) is 10.1. The third kappa shape index (κ3) is 4.06. The van der Waals surface area contributed by atoms with E-state index < -0.39 is 12.0 Å². The maximum atomic E-state index is 11.2. The molecule has 3 atom stereocenters. The Morgan fingerprint density at radius 3 is 2.63 bits per heavy atom. The Hall–Kier alpha value is -1.35. The molecule has 0 radical (unpaired) electrons. The summed E-state index contributed by atoms with van der Waals surface area (Å²) in [6.07, 6.45) is 1.86. The molecule has 1 aromatic carbocycles. The van der Waals surface area contributed by atoms with Crippen molar-refractivity contribution in [1.29, 1.82) is 0 Å². The molecule has 3 heteroatoms. The second-order valence-electron chi connectivity index (χ2n) is 5.94. The first-order chi connectivity index (χ1) is 9.08. The first-order valence-corrected chi connectivity index (χ1v) is 7.09. The highest BCUT2D eigenvalue weighted by Gasteiger charge is 2.38. The Morgan fingerprint density at radius 2 is 2.05 bits per heavy atom. The topological polar surface area (TPSA) is 49.3 Å². The largest absolute Gasteiger partial charge is 0.480 e. The number of aliphatic carboxylic acids is 1. The third-order valence-electron chi connectivity index (χ3n) is 3.78. The van der Waals surface area contributed by atoms with E-state index in [9.17, 15) is 9.90 Å². The van der Waals surface area contributed by atoms with Gasteiger partial charge in [0.1, 0.15) is 6.04 Å². The number of benzene rings is 1. The zero-order valence-electron chi connectivity index (χ0n) is 11.7. The van der Waals surface area contributed by atoms with Crippen molar-refractivity contribution in [2.75, 3.05) is 6.54 Å². The van der Waals surface area contributed by atoms with Crippen molar-refractivity contribution >= 4 is 5.97 Å². The van der Waals surface area contributed by atoms with E-state index in [1.165, 1.54) is 12.0 Å². The molecular weight excluding hydrogens is 238 g/mol. The molecule has 1 aromatic rings. The molecule has 0 spiro atoms. The summed E-state index contributed by atoms with van der Waals surface area (Å²) in [5.41, 5.74) is 1.38. The number of rotatable bonds is 7. The van der Waals surface area contributed by atoms with E-state index in [0.717, 1.165) is 6.54 Å². The zero-order valence-corrected chi connectivity index (χ0v) is 11.7. The quantitative estimate of drug-likeness (QED) is 0.793. The fourth-order valence-corrected chi connectivity index (χ4v) is 2.62. The SMILES string of the molecule is CC(C)C[C@H](NC[C@@H]1C[C@H]1c1ccccc1)C(=O)O. The Labute approximate surface area is 115 Å². The minimum Gasteiger partial charge on any atom is -0.480 e. The molecule has 0 heterocycles. The molecule has 3 nitrogen and oxygen atoms in total. The van der Waals surface area contributed by atoms with Crippen LogP contribution >= 0.6 is 0 Å². The number of hydrogen-bond donors (Lipinski definition) is 2. The maximum Gasteiger partial charge on any atom is 0.320 e. The Morgan fingerprint density at radius 1 is 1.37 bits per heavy atom. The molecule has 0 unspecified atom stereocenters. The average molecular weight is 261 g/mol. The highest BCUT2D eigenvalue weighted by atomic mass is 16.4. The lowest BCUT2D eigenvalue weighted by atomic mass is 10.0. The van der Waals surface area contributed by atoms with Crippen molar-refractivity contribution in [3.63, 3.8) is 0 Å². The summed E-state index contributed by atoms with van der Waals surface area (Å²) in [5.74, 6) is 0.877. The van der Waals surface area contributed by atoms with E-state index >= 15 is 0 Å². The van der Waals surface area contributed by atoms with Gasteiger partial charge in [0.25, 0.3) is 0 Å². The smallest absolute Gasteiger partial charge is 0.320 e. The van der Waals surface area contributed by atoms with Crippen LogP contribution in [0, 0.1) is 11.8 Å². The Kier molecular flexibility index (Phi) is 4.59. The lowest BCUT2D eigenvalue weighted by Gasteiger charge is -2.16. The number of carboxylic acids is 1. The van der Waals surface area contributed by atoms with Gasteiger partial charge in [-0.2, -0.15) is 0 Å². The number of carboxylic acid groups (broad SMARTS) is 1. The van der Waals surface area contributed by atoms with E-state index in [1.807, 2.05) is 6.07 Å². The van der Waals surface area contributed by atoms with E-state index in [4.69, 9.17) is 0 Å². The molecule has 1 fully saturated rings. The van der Waals surface area contributed by atoms with Crippen molar-refractivity contribution in [2.24, 2.45) is 11.8 Å². The van der Waals surface area contributed by atoms with Crippen LogP contribution < -0.4 is 5.32 Å². The summed E-state index contributed by atoms with van der Waals surface area (Å²) in [4.78, 5) is 11.2. The maximum absolute atomic E-state index is 11.2. The highest BCUT2D eigenvalue weighted by Crippen LogP contribution is 2.46. The standard InChI is InChI=1S/C16H23NO2/c1-11(2)8-15(16(18)19)17-10-13-9-14(13)12-6-4-3-5-7-12/h3-7,11,13-15,17H,8-10H2,1-2H3,(H,18,19)/t13-,14-,15-/m0/s1. The summed E-state index contributed by atoms with van der Waals surface area (Å²) < 4.78 is 0. The van der Waals surface area contributed by atoms with Crippen LogP contribution in [0.25, 0.3) is 0 Å². The second kappa shape index (κ2) is 6.20. The minimum atomic E-state index is -0.731. The van der Waals surface area contributed by atoms with E-state index in [0.29, 0.717) is 24.2 Å². The van der Waals surface area contributed by atoms with Gasteiger partial charge < -0.3 is 10.4 Å². The molecule has 0 bridgehead atoms. The summed E-state index contributed by atoms with van der Waals surface area (Å²) >= 11 is 0. The number of hydrogen-bond acceptors (Lipinski definition) is 2. The van der Waals surface area contributed by atoms with Gasteiger partial charge >= 0.3 is 5.97 Å². The van der Waals surface area contributed by atoms with Crippen LogP contribution in [0.2, 0.25) is 0 Å². The second-order valence-corrected chi connectivity index (χ2v) is 5.94. The zero-order chi connectivity index (χ0) is 13.8. The van der Waals surface area contributed by atoms with Crippen molar-refractivity contribution in [3.05, 3.63) is 35.9 Å². The molecule has 0 amide bonds. The number of carbonyl (C=O) groups is 1. The highest BCUT2D eigenvalue weighted by molar-refractivity contribution is 5.73. The molecule has 2 rings (SSSR count). The van der Waals surface area contributed by atoms with Crippen LogP contribution in [0.5, 0.6) is 0 Å².